The highest BCUT2D eigenvalue weighted by Gasteiger charge is 2.56. The van der Waals surface area contributed by atoms with E-state index in [4.69, 9.17) is 14.2 Å². The Labute approximate surface area is 281 Å². The van der Waals surface area contributed by atoms with E-state index in [0.29, 0.717) is 19.0 Å². The Bertz CT molecular complexity index is 1110. The molecule has 12 heteroatoms. The topological polar surface area (TPSA) is 153 Å². The van der Waals surface area contributed by atoms with E-state index in [9.17, 15) is 24.6 Å². The van der Waals surface area contributed by atoms with Gasteiger partial charge in [-0.2, -0.15) is 0 Å². The number of allylic oxidation sites excluding steroid dienone is 3. The smallest absolute Gasteiger partial charge is 0.326 e. The molecule has 0 radical (unpaired) electrons. The average Bonchev–Trinajstić information content (AvgIpc) is 3.67. The van der Waals surface area contributed by atoms with Crippen molar-refractivity contribution in [2.24, 2.45) is 17.8 Å². The third-order valence-electron chi connectivity index (χ3n) is 10.0. The average molecular weight is 665 g/mol. The molecule has 0 aromatic carbocycles. The van der Waals surface area contributed by atoms with Crippen LogP contribution in [0.15, 0.2) is 23.8 Å². The highest BCUT2D eigenvalue weighted by molar-refractivity contribution is 5.82. The summed E-state index contributed by atoms with van der Waals surface area (Å²) in [6.07, 6.45) is 8.14. The molecule has 0 saturated carbocycles. The monoisotopic (exact) mass is 664 g/mol. The lowest BCUT2D eigenvalue weighted by Gasteiger charge is -2.35. The van der Waals surface area contributed by atoms with Crippen LogP contribution in [0.1, 0.15) is 73.6 Å². The second kappa shape index (κ2) is 17.8. The van der Waals surface area contributed by atoms with E-state index in [-0.39, 0.29) is 73.2 Å². The Morgan fingerprint density at radius 1 is 1.13 bits per heavy atom. The van der Waals surface area contributed by atoms with E-state index in [1.807, 2.05) is 7.05 Å². The molecule has 0 unspecified atom stereocenters. The predicted molar refractivity (Wildman–Crippen MR) is 180 cm³/mol. The van der Waals surface area contributed by atoms with Gasteiger partial charge in [0.25, 0.3) is 0 Å². The third kappa shape index (κ3) is 11.6. The van der Waals surface area contributed by atoms with E-state index in [0.717, 1.165) is 37.9 Å². The fourth-order valence-electron chi connectivity index (χ4n) is 7.16. The number of carbonyl (C=O) groups is 3. The summed E-state index contributed by atoms with van der Waals surface area (Å²) in [4.78, 5) is 40.8. The molecule has 3 amide bonds. The zero-order chi connectivity index (χ0) is 34.9. The molecule has 3 aliphatic rings. The second-order valence-corrected chi connectivity index (χ2v) is 14.3. The van der Waals surface area contributed by atoms with Gasteiger partial charge in [0.2, 0.25) is 5.91 Å². The number of hydrogen-bond acceptors (Lipinski definition) is 8. The lowest BCUT2D eigenvalue weighted by atomic mass is 9.85. The van der Waals surface area contributed by atoms with E-state index in [1.165, 1.54) is 0 Å². The molecule has 0 bridgehead atoms. The van der Waals surface area contributed by atoms with Crippen molar-refractivity contribution in [3.8, 4) is 0 Å². The first-order valence-electron chi connectivity index (χ1n) is 17.3. The van der Waals surface area contributed by atoms with Crippen LogP contribution in [0, 0.1) is 17.8 Å². The van der Waals surface area contributed by atoms with Gasteiger partial charge in [-0.05, 0) is 70.9 Å². The maximum Gasteiger partial charge on any atom is 0.326 e. The van der Waals surface area contributed by atoms with Gasteiger partial charge in [-0.25, -0.2) is 9.59 Å². The summed E-state index contributed by atoms with van der Waals surface area (Å²) < 4.78 is 18.0. The van der Waals surface area contributed by atoms with Crippen LogP contribution in [0.3, 0.4) is 0 Å². The SMILES string of the molecule is CO[C@H]([C@@H](C)[C@H]1O[C@]1(C)C[C@H](C)/C=C/C=C(\C)[C@H]1O[C@@H](CC(=O)NCC[C@H](NC(=O)N2CCN(C)CC2)C(=O)O)CC[C@@H]1C)[C@@H](C)O. The zero-order valence-corrected chi connectivity index (χ0v) is 29.7. The standard InChI is InChI=1S/C35H60N4O8/c1-22(21-35(6)32(47-35)25(4)31(45-8)26(5)40)10-9-11-23(2)30-24(3)12-13-27(46-30)20-29(41)36-15-14-28(33(42)43)37-34(44)39-18-16-38(7)17-19-39/h9-11,22,24-28,30-32,40H,12-21H2,1-8H3,(H,36,41)(H,37,44)(H,42,43)/b10-9+,23-11+/t22-,24+,25-,26-,27-,28+,30-,31-,32-,35-/m1/s1. The molecule has 0 spiro atoms. The number of urea groups is 1. The van der Waals surface area contributed by atoms with E-state index in [2.05, 4.69) is 68.4 Å². The van der Waals surface area contributed by atoms with E-state index < -0.39 is 18.1 Å². The molecular formula is C35H60N4O8. The fraction of sp³-hybridized carbons (Fsp3) is 0.800. The minimum Gasteiger partial charge on any atom is -0.480 e. The summed E-state index contributed by atoms with van der Waals surface area (Å²) in [5.41, 5.74) is 0.863. The Kier molecular flexibility index (Phi) is 14.7. The van der Waals surface area contributed by atoms with Crippen molar-refractivity contribution in [1.29, 1.82) is 0 Å². The summed E-state index contributed by atoms with van der Waals surface area (Å²) >= 11 is 0. The Morgan fingerprint density at radius 3 is 2.43 bits per heavy atom. The molecule has 3 rings (SSSR count). The summed E-state index contributed by atoms with van der Waals surface area (Å²) in [5.74, 6) is -0.621. The predicted octanol–water partition coefficient (Wildman–Crippen LogP) is 3.19. The van der Waals surface area contributed by atoms with Gasteiger partial charge in [0.15, 0.2) is 0 Å². The van der Waals surface area contributed by atoms with Gasteiger partial charge in [-0.15, -0.1) is 0 Å². The summed E-state index contributed by atoms with van der Waals surface area (Å²) in [6.45, 7) is 15.1. The van der Waals surface area contributed by atoms with Crippen molar-refractivity contribution >= 4 is 17.9 Å². The molecule has 47 heavy (non-hydrogen) atoms. The number of piperazine rings is 1. The summed E-state index contributed by atoms with van der Waals surface area (Å²) in [5, 5.41) is 25.1. The normalized spacial score (nSPS) is 30.3. The maximum atomic E-state index is 12.7. The van der Waals surface area contributed by atoms with Gasteiger partial charge in [0, 0.05) is 45.8 Å². The molecule has 12 nitrogen and oxygen atoms in total. The number of aliphatic hydroxyl groups is 1. The molecule has 4 N–H and O–H groups in total. The van der Waals surface area contributed by atoms with Gasteiger partial charge in [0.05, 0.1) is 42.5 Å². The minimum absolute atomic E-state index is 0.0486. The van der Waals surface area contributed by atoms with Gasteiger partial charge < -0.3 is 44.9 Å². The number of aliphatic carboxylic acids is 1. The second-order valence-electron chi connectivity index (χ2n) is 14.3. The largest absolute Gasteiger partial charge is 0.480 e. The van der Waals surface area contributed by atoms with Crippen LogP contribution in [0.2, 0.25) is 0 Å². The van der Waals surface area contributed by atoms with Crippen LogP contribution in [0.25, 0.3) is 0 Å². The van der Waals surface area contributed by atoms with Crippen LogP contribution in [0.5, 0.6) is 0 Å². The van der Waals surface area contributed by atoms with Crippen molar-refractivity contribution in [2.75, 3.05) is 46.9 Å². The van der Waals surface area contributed by atoms with E-state index in [1.54, 1.807) is 18.9 Å². The van der Waals surface area contributed by atoms with Crippen LogP contribution in [0.4, 0.5) is 4.79 Å². The van der Waals surface area contributed by atoms with Crippen molar-refractivity contribution in [3.05, 3.63) is 23.8 Å². The van der Waals surface area contributed by atoms with Crippen LogP contribution < -0.4 is 10.6 Å². The van der Waals surface area contributed by atoms with Crippen LogP contribution in [-0.2, 0) is 23.8 Å². The van der Waals surface area contributed by atoms with Crippen LogP contribution >= 0.6 is 0 Å². The molecule has 0 aliphatic carbocycles. The number of carbonyl (C=O) groups excluding carboxylic acids is 2. The number of rotatable bonds is 16. The quantitative estimate of drug-likeness (QED) is 0.144. The Hall–Kier alpha value is -2.51. The number of likely N-dealkylation sites (N-methyl/N-ethyl adjacent to an activating group) is 1. The van der Waals surface area contributed by atoms with Gasteiger partial charge >= 0.3 is 12.0 Å². The number of hydrogen-bond donors (Lipinski definition) is 4. The van der Waals surface area contributed by atoms with Crippen molar-refractivity contribution in [3.63, 3.8) is 0 Å². The molecule has 3 heterocycles. The Morgan fingerprint density at radius 2 is 1.81 bits per heavy atom. The zero-order valence-electron chi connectivity index (χ0n) is 29.7. The number of nitrogens with one attached hydrogen (secondary N) is 2. The molecule has 0 aromatic rings. The van der Waals surface area contributed by atoms with Crippen molar-refractivity contribution in [2.45, 2.75) is 116 Å². The number of carboxylic acid groups (broad SMARTS) is 1. The molecule has 10 atom stereocenters. The van der Waals surface area contributed by atoms with Gasteiger partial charge in [-0.3, -0.25) is 4.79 Å². The number of amides is 3. The number of carboxylic acids is 1. The number of aliphatic hydroxyl groups excluding tert-OH is 1. The molecular weight excluding hydrogens is 604 g/mol. The number of epoxide rings is 1. The molecule has 3 fully saturated rings. The number of methoxy groups -OCH3 is 1. The number of nitrogens with zero attached hydrogens (tertiary/aromatic N) is 2. The van der Waals surface area contributed by atoms with Crippen molar-refractivity contribution in [1.82, 2.24) is 20.4 Å². The molecule has 3 aliphatic heterocycles. The third-order valence-corrected chi connectivity index (χ3v) is 10.0. The van der Waals surface area contributed by atoms with Gasteiger partial charge in [-0.1, -0.05) is 39.0 Å². The highest BCUT2D eigenvalue weighted by Crippen LogP contribution is 2.47. The first-order chi connectivity index (χ1) is 22.1. The lowest BCUT2D eigenvalue weighted by Crippen LogP contribution is -2.54. The number of ether oxygens (including phenoxy) is 3. The van der Waals surface area contributed by atoms with Crippen LogP contribution in [-0.4, -0.2) is 127 Å². The maximum absolute atomic E-state index is 12.7. The Balaban J connectivity index is 1.42. The summed E-state index contributed by atoms with van der Waals surface area (Å²) in [7, 11) is 3.61. The lowest BCUT2D eigenvalue weighted by molar-refractivity contribution is -0.139. The minimum atomic E-state index is -1.12. The molecule has 3 saturated heterocycles. The first kappa shape index (κ1) is 38.9. The first-order valence-corrected chi connectivity index (χ1v) is 17.3. The highest BCUT2D eigenvalue weighted by atomic mass is 16.6. The fourth-order valence-corrected chi connectivity index (χ4v) is 7.16. The molecule has 0 aromatic heterocycles. The molecule has 268 valence electrons. The van der Waals surface area contributed by atoms with Gasteiger partial charge in [0.1, 0.15) is 6.04 Å². The van der Waals surface area contributed by atoms with E-state index >= 15 is 0 Å². The van der Waals surface area contributed by atoms with Crippen molar-refractivity contribution < 1.29 is 38.8 Å². The summed E-state index contributed by atoms with van der Waals surface area (Å²) in [6, 6.07) is -1.47.